The van der Waals surface area contributed by atoms with Gasteiger partial charge in [-0.2, -0.15) is 4.72 Å². The Bertz CT molecular complexity index is 802. The van der Waals surface area contributed by atoms with Crippen molar-refractivity contribution in [2.24, 2.45) is 0 Å². The van der Waals surface area contributed by atoms with Crippen molar-refractivity contribution < 1.29 is 13.2 Å². The van der Waals surface area contributed by atoms with Crippen LogP contribution in [-0.4, -0.2) is 36.3 Å². The first-order valence-electron chi connectivity index (χ1n) is 6.42. The molecule has 1 aliphatic heterocycles. The van der Waals surface area contributed by atoms with Gasteiger partial charge in [-0.15, -0.1) is 0 Å². The Morgan fingerprint density at radius 1 is 1.43 bits per heavy atom. The fraction of sp³-hybridized carbons (Fsp3) is 0.333. The summed E-state index contributed by atoms with van der Waals surface area (Å²) in [5.41, 5.74) is 0.427. The van der Waals surface area contributed by atoms with E-state index in [0.29, 0.717) is 18.6 Å². The number of hydrogen-bond acceptors (Lipinski definition) is 4. The molecule has 2 N–H and O–H groups in total. The molecular formula is C12H13ClN4O3S. The summed E-state index contributed by atoms with van der Waals surface area (Å²) in [4.78, 5) is 15.7. The first kappa shape index (κ1) is 14.3. The SMILES string of the molecule is O=C1NCCCC1NS(=O)(=O)c1c(Cl)nc2ccccn12. The molecule has 3 heterocycles. The van der Waals surface area contributed by atoms with E-state index >= 15 is 0 Å². The standard InChI is InChI=1S/C12H13ClN4O3S/c13-10-12(17-7-2-1-5-9(17)15-10)21(19,20)16-8-4-3-6-14-11(8)18/h1-2,5,7-8,16H,3-4,6H2,(H,14,18). The minimum Gasteiger partial charge on any atom is -0.355 e. The highest BCUT2D eigenvalue weighted by Gasteiger charge is 2.31. The predicted molar refractivity (Wildman–Crippen MR) is 76.6 cm³/mol. The quantitative estimate of drug-likeness (QED) is 0.860. The van der Waals surface area contributed by atoms with E-state index in [9.17, 15) is 13.2 Å². The van der Waals surface area contributed by atoms with Crippen LogP contribution in [0.3, 0.4) is 0 Å². The van der Waals surface area contributed by atoms with Crippen molar-refractivity contribution >= 4 is 33.2 Å². The average Bonchev–Trinajstić information content (AvgIpc) is 2.77. The minimum atomic E-state index is -3.95. The average molecular weight is 329 g/mol. The highest BCUT2D eigenvalue weighted by Crippen LogP contribution is 2.23. The predicted octanol–water partition coefficient (Wildman–Crippen LogP) is 0.545. The molecule has 1 aliphatic rings. The van der Waals surface area contributed by atoms with Crippen molar-refractivity contribution in [3.8, 4) is 0 Å². The molecule has 112 valence electrons. The van der Waals surface area contributed by atoms with E-state index in [-0.39, 0.29) is 16.1 Å². The summed E-state index contributed by atoms with van der Waals surface area (Å²) in [6.07, 6.45) is 2.74. The monoisotopic (exact) mass is 328 g/mol. The van der Waals surface area contributed by atoms with Gasteiger partial charge < -0.3 is 5.32 Å². The van der Waals surface area contributed by atoms with Crippen LogP contribution in [0.1, 0.15) is 12.8 Å². The highest BCUT2D eigenvalue weighted by atomic mass is 35.5. The van der Waals surface area contributed by atoms with Gasteiger partial charge in [-0.05, 0) is 25.0 Å². The van der Waals surface area contributed by atoms with Gasteiger partial charge in [0.25, 0.3) is 10.0 Å². The van der Waals surface area contributed by atoms with Crippen LogP contribution < -0.4 is 10.0 Å². The zero-order chi connectivity index (χ0) is 15.0. The van der Waals surface area contributed by atoms with Gasteiger partial charge in [0.1, 0.15) is 11.7 Å². The number of carbonyl (C=O) groups is 1. The minimum absolute atomic E-state index is 0.120. The van der Waals surface area contributed by atoms with Crippen LogP contribution >= 0.6 is 11.6 Å². The third-order valence-corrected chi connectivity index (χ3v) is 5.15. The summed E-state index contributed by atoms with van der Waals surface area (Å²) in [7, 11) is -3.95. The maximum Gasteiger partial charge on any atom is 0.260 e. The molecule has 2 aromatic heterocycles. The number of pyridine rings is 1. The van der Waals surface area contributed by atoms with Crippen molar-refractivity contribution in [2.45, 2.75) is 23.9 Å². The van der Waals surface area contributed by atoms with Gasteiger partial charge in [0, 0.05) is 12.7 Å². The second-order valence-corrected chi connectivity index (χ2v) is 6.73. The van der Waals surface area contributed by atoms with E-state index in [1.54, 1.807) is 24.4 Å². The zero-order valence-corrected chi connectivity index (χ0v) is 12.5. The Labute approximate surface area is 126 Å². The van der Waals surface area contributed by atoms with E-state index in [1.165, 1.54) is 4.40 Å². The number of nitrogens with one attached hydrogen (secondary N) is 2. The van der Waals surface area contributed by atoms with Crippen molar-refractivity contribution in [2.75, 3.05) is 6.54 Å². The highest BCUT2D eigenvalue weighted by molar-refractivity contribution is 7.89. The van der Waals surface area contributed by atoms with Gasteiger partial charge in [-0.3, -0.25) is 9.20 Å². The molecule has 1 saturated heterocycles. The molecule has 9 heteroatoms. The summed E-state index contributed by atoms with van der Waals surface area (Å²) in [5, 5.41) is 2.36. The summed E-state index contributed by atoms with van der Waals surface area (Å²) in [6, 6.07) is 4.28. The molecule has 0 bridgehead atoms. The second kappa shape index (κ2) is 5.28. The lowest BCUT2D eigenvalue weighted by Gasteiger charge is -2.22. The van der Waals surface area contributed by atoms with Crippen molar-refractivity contribution in [3.05, 3.63) is 29.5 Å². The molecule has 7 nitrogen and oxygen atoms in total. The third kappa shape index (κ3) is 2.61. The van der Waals surface area contributed by atoms with Gasteiger partial charge in [0.15, 0.2) is 10.2 Å². The number of nitrogens with zero attached hydrogens (tertiary/aromatic N) is 2. The lowest BCUT2D eigenvalue weighted by atomic mass is 10.1. The third-order valence-electron chi connectivity index (χ3n) is 3.28. The molecule has 1 unspecified atom stereocenters. The van der Waals surface area contributed by atoms with Crippen LogP contribution in [0.15, 0.2) is 29.4 Å². The van der Waals surface area contributed by atoms with Crippen LogP contribution in [0.2, 0.25) is 5.15 Å². The number of amides is 1. The zero-order valence-electron chi connectivity index (χ0n) is 10.9. The number of rotatable bonds is 3. The van der Waals surface area contributed by atoms with E-state index in [2.05, 4.69) is 15.0 Å². The van der Waals surface area contributed by atoms with Gasteiger partial charge in [-0.1, -0.05) is 17.7 Å². The number of halogens is 1. The van der Waals surface area contributed by atoms with Gasteiger partial charge >= 0.3 is 0 Å². The maximum atomic E-state index is 12.5. The summed E-state index contributed by atoms with van der Waals surface area (Å²) in [6.45, 7) is 0.563. The van der Waals surface area contributed by atoms with Crippen LogP contribution in [0.5, 0.6) is 0 Å². The van der Waals surface area contributed by atoms with Gasteiger partial charge in [-0.25, -0.2) is 13.4 Å². The van der Waals surface area contributed by atoms with Crippen LogP contribution in [0.4, 0.5) is 0 Å². The molecular weight excluding hydrogens is 316 g/mol. The second-order valence-electron chi connectivity index (χ2n) is 4.74. The van der Waals surface area contributed by atoms with E-state index < -0.39 is 16.1 Å². The number of hydrogen-bond donors (Lipinski definition) is 2. The number of piperidine rings is 1. The first-order valence-corrected chi connectivity index (χ1v) is 8.28. The largest absolute Gasteiger partial charge is 0.355 e. The first-order chi connectivity index (χ1) is 9.99. The van der Waals surface area contributed by atoms with Crippen LogP contribution in [-0.2, 0) is 14.8 Å². The van der Waals surface area contributed by atoms with Crippen molar-refractivity contribution in [1.29, 1.82) is 0 Å². The van der Waals surface area contributed by atoms with E-state index in [1.807, 2.05) is 0 Å². The lowest BCUT2D eigenvalue weighted by Crippen LogP contribution is -2.50. The number of sulfonamides is 1. The molecule has 1 amide bonds. The fourth-order valence-electron chi connectivity index (χ4n) is 2.31. The molecule has 1 fully saturated rings. The summed E-state index contributed by atoms with van der Waals surface area (Å²) >= 11 is 5.95. The van der Waals surface area contributed by atoms with Gasteiger partial charge in [0.05, 0.1) is 0 Å². The number of fused-ring (bicyclic) bond motifs is 1. The Morgan fingerprint density at radius 2 is 2.24 bits per heavy atom. The molecule has 0 radical (unpaired) electrons. The lowest BCUT2D eigenvalue weighted by molar-refractivity contribution is -0.124. The molecule has 21 heavy (non-hydrogen) atoms. The Morgan fingerprint density at radius 3 is 3.00 bits per heavy atom. The van der Waals surface area contributed by atoms with Crippen LogP contribution in [0, 0.1) is 0 Å². The summed E-state index contributed by atoms with van der Waals surface area (Å²) in [5.74, 6) is -0.324. The Kier molecular flexibility index (Phi) is 3.60. The fourth-order valence-corrected chi connectivity index (χ4v) is 4.19. The number of aromatic nitrogens is 2. The van der Waals surface area contributed by atoms with Gasteiger partial charge in [0.2, 0.25) is 5.91 Å². The number of carbonyl (C=O) groups excluding carboxylic acids is 1. The van der Waals surface area contributed by atoms with E-state index in [0.717, 1.165) is 6.42 Å². The van der Waals surface area contributed by atoms with Crippen molar-refractivity contribution in [1.82, 2.24) is 19.4 Å². The molecule has 0 aliphatic carbocycles. The van der Waals surface area contributed by atoms with Crippen LogP contribution in [0.25, 0.3) is 5.65 Å². The maximum absolute atomic E-state index is 12.5. The normalized spacial score (nSPS) is 19.7. The van der Waals surface area contributed by atoms with Crippen molar-refractivity contribution in [3.63, 3.8) is 0 Å². The molecule has 2 aromatic rings. The Hall–Kier alpha value is -1.64. The van der Waals surface area contributed by atoms with E-state index in [4.69, 9.17) is 11.6 Å². The topological polar surface area (TPSA) is 92.6 Å². The number of imidazole rings is 1. The molecule has 1 atom stereocenters. The smallest absolute Gasteiger partial charge is 0.260 e. The molecule has 3 rings (SSSR count). The molecule has 0 saturated carbocycles. The molecule has 0 aromatic carbocycles. The Balaban J connectivity index is 2.00. The summed E-state index contributed by atoms with van der Waals surface area (Å²) < 4.78 is 28.8. The molecule has 0 spiro atoms.